The molecule has 0 atom stereocenters. The van der Waals surface area contributed by atoms with E-state index in [1.165, 1.54) is 18.2 Å². The van der Waals surface area contributed by atoms with Crippen molar-refractivity contribution in [2.75, 3.05) is 13.7 Å². The zero-order chi connectivity index (χ0) is 23.4. The maximum absolute atomic E-state index is 13.3. The molecular weight excluding hydrogens is 490 g/mol. The van der Waals surface area contributed by atoms with Gasteiger partial charge in [0.1, 0.15) is 5.82 Å². The molecule has 0 radical (unpaired) electrons. The fourth-order valence-corrected chi connectivity index (χ4v) is 4.48. The molecule has 33 heavy (non-hydrogen) atoms. The second-order valence-electron chi connectivity index (χ2n) is 7.89. The number of para-hydroxylation sites is 1. The molecule has 1 aromatic heterocycles. The lowest BCUT2D eigenvalue weighted by atomic mass is 9.88. The number of methoxy groups -OCH3 is 1. The summed E-state index contributed by atoms with van der Waals surface area (Å²) < 4.78 is 12.7. The highest BCUT2D eigenvalue weighted by Crippen LogP contribution is 2.34. The molecule has 0 bridgehead atoms. The summed E-state index contributed by atoms with van der Waals surface area (Å²) in [5, 5.41) is 13.9. The average molecular weight is 514 g/mol. The molecule has 1 saturated carbocycles. The van der Waals surface area contributed by atoms with E-state index in [0.29, 0.717) is 32.5 Å². The van der Waals surface area contributed by atoms with Crippen molar-refractivity contribution in [1.82, 2.24) is 9.66 Å². The maximum Gasteiger partial charge on any atom is 0.341 e. The molecular formula is C24H24BrN3O5. The van der Waals surface area contributed by atoms with E-state index in [1.807, 2.05) is 18.2 Å². The number of aliphatic carboxylic acids is 1. The first-order valence-electron chi connectivity index (χ1n) is 10.8. The van der Waals surface area contributed by atoms with Crippen molar-refractivity contribution in [3.05, 3.63) is 62.6 Å². The third-order valence-electron chi connectivity index (χ3n) is 5.70. The van der Waals surface area contributed by atoms with Crippen LogP contribution in [0.15, 0.2) is 50.8 Å². The Hall–Kier alpha value is -3.20. The molecule has 0 saturated heterocycles. The number of aromatic nitrogens is 2. The van der Waals surface area contributed by atoms with Crippen LogP contribution in [0.3, 0.4) is 0 Å². The molecule has 1 heterocycles. The van der Waals surface area contributed by atoms with Crippen LogP contribution in [0.2, 0.25) is 0 Å². The number of fused-ring (bicyclic) bond motifs is 1. The molecule has 0 unspecified atom stereocenters. The van der Waals surface area contributed by atoms with Crippen molar-refractivity contribution in [2.45, 2.75) is 38.0 Å². The molecule has 0 spiro atoms. The topological polar surface area (TPSA) is 103 Å². The van der Waals surface area contributed by atoms with Crippen molar-refractivity contribution >= 4 is 39.0 Å². The zero-order valence-corrected chi connectivity index (χ0v) is 19.7. The van der Waals surface area contributed by atoms with Gasteiger partial charge in [0.05, 0.1) is 24.2 Å². The number of carboxylic acid groups (broad SMARTS) is 1. The number of carbonyl (C=O) groups is 1. The summed E-state index contributed by atoms with van der Waals surface area (Å²) in [4.78, 5) is 29.0. The Balaban J connectivity index is 1.76. The fourth-order valence-electron chi connectivity index (χ4n) is 4.06. The quantitative estimate of drug-likeness (QED) is 0.464. The Labute approximate surface area is 199 Å². The van der Waals surface area contributed by atoms with Gasteiger partial charge in [0.2, 0.25) is 0 Å². The predicted octanol–water partition coefficient (Wildman–Crippen LogP) is 4.56. The molecule has 8 nitrogen and oxygen atoms in total. The minimum atomic E-state index is -1.09. The number of rotatable bonds is 7. The Bertz CT molecular complexity index is 1260. The van der Waals surface area contributed by atoms with Gasteiger partial charge >= 0.3 is 5.97 Å². The molecule has 9 heteroatoms. The van der Waals surface area contributed by atoms with Crippen LogP contribution >= 0.6 is 15.9 Å². The first kappa shape index (κ1) is 23.0. The molecule has 0 aliphatic heterocycles. The van der Waals surface area contributed by atoms with E-state index >= 15 is 0 Å². The number of ether oxygens (including phenoxy) is 2. The average Bonchev–Trinajstić information content (AvgIpc) is 2.83. The standard InChI is InChI=1S/C24H24BrN3O5/c1-32-20-11-16(18(25)12-21(20)33-14-22(29)30)13-26-28-23(15-7-3-2-4-8-15)27-19-10-6-5-9-17(19)24(28)31/h5-6,9-13,15H,2-4,7-8,14H2,1H3,(H,29,30). The molecule has 1 fully saturated rings. The third kappa shape index (κ3) is 5.08. The van der Waals surface area contributed by atoms with E-state index in [2.05, 4.69) is 21.0 Å². The van der Waals surface area contributed by atoms with E-state index in [-0.39, 0.29) is 17.2 Å². The Morgan fingerprint density at radius 2 is 2.00 bits per heavy atom. The van der Waals surface area contributed by atoms with Crippen LogP contribution in [-0.2, 0) is 4.79 Å². The van der Waals surface area contributed by atoms with E-state index in [9.17, 15) is 9.59 Å². The molecule has 1 aliphatic carbocycles. The summed E-state index contributed by atoms with van der Waals surface area (Å²) in [6.45, 7) is -0.487. The Kier molecular flexibility index (Phi) is 7.08. The highest BCUT2D eigenvalue weighted by molar-refractivity contribution is 9.10. The third-order valence-corrected chi connectivity index (χ3v) is 6.38. The van der Waals surface area contributed by atoms with E-state index in [0.717, 1.165) is 25.7 Å². The summed E-state index contributed by atoms with van der Waals surface area (Å²) in [6, 6.07) is 10.6. The molecule has 3 aromatic rings. The van der Waals surface area contributed by atoms with Crippen LogP contribution < -0.4 is 15.0 Å². The van der Waals surface area contributed by atoms with Gasteiger partial charge in [0.25, 0.3) is 5.56 Å². The van der Waals surface area contributed by atoms with Crippen LogP contribution in [-0.4, -0.2) is 40.7 Å². The van der Waals surface area contributed by atoms with Gasteiger partial charge in [-0.25, -0.2) is 9.78 Å². The van der Waals surface area contributed by atoms with Gasteiger partial charge in [-0.2, -0.15) is 9.78 Å². The minimum absolute atomic E-state index is 0.179. The smallest absolute Gasteiger partial charge is 0.341 e. The monoisotopic (exact) mass is 513 g/mol. The highest BCUT2D eigenvalue weighted by atomic mass is 79.9. The van der Waals surface area contributed by atoms with Gasteiger partial charge in [-0.1, -0.05) is 31.4 Å². The van der Waals surface area contributed by atoms with E-state index < -0.39 is 12.6 Å². The number of carboxylic acids is 1. The molecule has 1 aliphatic rings. The number of hydrogen-bond acceptors (Lipinski definition) is 6. The van der Waals surface area contributed by atoms with Gasteiger partial charge in [-0.05, 0) is 53.0 Å². The summed E-state index contributed by atoms with van der Waals surface area (Å²) in [7, 11) is 1.47. The van der Waals surface area contributed by atoms with Crippen LogP contribution in [0.5, 0.6) is 11.5 Å². The van der Waals surface area contributed by atoms with E-state index in [4.69, 9.17) is 19.6 Å². The summed E-state index contributed by atoms with van der Waals surface area (Å²) in [6.07, 6.45) is 6.94. The largest absolute Gasteiger partial charge is 0.493 e. The zero-order valence-electron chi connectivity index (χ0n) is 18.2. The van der Waals surface area contributed by atoms with Gasteiger partial charge < -0.3 is 14.6 Å². The van der Waals surface area contributed by atoms with Crippen molar-refractivity contribution in [2.24, 2.45) is 5.10 Å². The van der Waals surface area contributed by atoms with Crippen LogP contribution in [0.4, 0.5) is 0 Å². The lowest BCUT2D eigenvalue weighted by molar-refractivity contribution is -0.139. The first-order chi connectivity index (χ1) is 16.0. The lowest BCUT2D eigenvalue weighted by Crippen LogP contribution is -2.25. The van der Waals surface area contributed by atoms with Crippen LogP contribution in [0.1, 0.15) is 49.4 Å². The highest BCUT2D eigenvalue weighted by Gasteiger charge is 2.22. The molecule has 172 valence electrons. The van der Waals surface area contributed by atoms with Crippen molar-refractivity contribution in [3.63, 3.8) is 0 Å². The summed E-state index contributed by atoms with van der Waals surface area (Å²) >= 11 is 3.47. The lowest BCUT2D eigenvalue weighted by Gasteiger charge is -2.22. The number of hydrogen-bond donors (Lipinski definition) is 1. The Morgan fingerprint density at radius 3 is 2.73 bits per heavy atom. The Morgan fingerprint density at radius 1 is 1.24 bits per heavy atom. The predicted molar refractivity (Wildman–Crippen MR) is 129 cm³/mol. The molecule has 2 aromatic carbocycles. The molecule has 4 rings (SSSR count). The maximum atomic E-state index is 13.3. The second kappa shape index (κ2) is 10.2. The van der Waals surface area contributed by atoms with Crippen molar-refractivity contribution in [3.8, 4) is 11.5 Å². The number of nitrogens with zero attached hydrogens (tertiary/aromatic N) is 3. The SMILES string of the molecule is COc1cc(C=Nn2c(C3CCCCC3)nc3ccccc3c2=O)c(Br)cc1OCC(=O)O. The van der Waals surface area contributed by atoms with Crippen molar-refractivity contribution < 1.29 is 19.4 Å². The van der Waals surface area contributed by atoms with Gasteiger partial charge in [-0.15, -0.1) is 0 Å². The van der Waals surface area contributed by atoms with Crippen molar-refractivity contribution in [1.29, 1.82) is 0 Å². The minimum Gasteiger partial charge on any atom is -0.493 e. The van der Waals surface area contributed by atoms with E-state index in [1.54, 1.807) is 24.4 Å². The first-order valence-corrected chi connectivity index (χ1v) is 11.6. The fraction of sp³-hybridized carbons (Fsp3) is 0.333. The van der Waals surface area contributed by atoms with Crippen LogP contribution in [0.25, 0.3) is 10.9 Å². The van der Waals surface area contributed by atoms with Gasteiger partial charge in [0, 0.05) is 16.0 Å². The number of halogens is 1. The van der Waals surface area contributed by atoms with Gasteiger partial charge in [0.15, 0.2) is 18.1 Å². The second-order valence-corrected chi connectivity index (χ2v) is 8.74. The summed E-state index contributed by atoms with van der Waals surface area (Å²) in [5.74, 6) is 0.420. The number of benzene rings is 2. The normalized spacial score (nSPS) is 14.6. The molecule has 1 N–H and O–H groups in total. The molecule has 0 amide bonds. The summed E-state index contributed by atoms with van der Waals surface area (Å²) in [5.41, 5.74) is 1.11. The van der Waals surface area contributed by atoms with Crippen LogP contribution in [0, 0.1) is 0 Å². The van der Waals surface area contributed by atoms with Gasteiger partial charge in [-0.3, -0.25) is 4.79 Å².